The minimum atomic E-state index is -0.139. The molecule has 0 amide bonds. The van der Waals surface area contributed by atoms with Crippen LogP contribution in [-0.4, -0.2) is 6.04 Å². The van der Waals surface area contributed by atoms with Crippen LogP contribution in [-0.2, 0) is 12.8 Å². The predicted octanol–water partition coefficient (Wildman–Crippen LogP) is 4.19. The molecule has 1 aliphatic rings. The van der Waals surface area contributed by atoms with Crippen molar-refractivity contribution >= 4 is 5.69 Å². The predicted molar refractivity (Wildman–Crippen MR) is 76.9 cm³/mol. The highest BCUT2D eigenvalue weighted by Gasteiger charge is 2.16. The van der Waals surface area contributed by atoms with E-state index in [-0.39, 0.29) is 5.82 Å². The molecule has 2 aromatic rings. The van der Waals surface area contributed by atoms with Crippen molar-refractivity contribution in [1.29, 1.82) is 0 Å². The van der Waals surface area contributed by atoms with Gasteiger partial charge in [-0.1, -0.05) is 30.3 Å². The van der Waals surface area contributed by atoms with Crippen LogP contribution in [0.15, 0.2) is 48.5 Å². The van der Waals surface area contributed by atoms with Crippen molar-refractivity contribution in [2.75, 3.05) is 5.32 Å². The molecule has 2 aromatic carbocycles. The number of fused-ring (bicyclic) bond motifs is 1. The maximum Gasteiger partial charge on any atom is 0.123 e. The molecule has 1 heterocycles. The fourth-order valence-electron chi connectivity index (χ4n) is 2.75. The number of hydrogen-bond acceptors (Lipinski definition) is 1. The Balaban J connectivity index is 1.61. The number of para-hydroxylation sites is 1. The Morgan fingerprint density at radius 3 is 2.89 bits per heavy atom. The van der Waals surface area contributed by atoms with Gasteiger partial charge in [-0.2, -0.15) is 0 Å². The molecule has 1 aliphatic heterocycles. The highest BCUT2D eigenvalue weighted by Crippen LogP contribution is 2.26. The lowest BCUT2D eigenvalue weighted by Gasteiger charge is -2.27. The lowest BCUT2D eigenvalue weighted by atomic mass is 9.94. The van der Waals surface area contributed by atoms with Crippen molar-refractivity contribution in [2.24, 2.45) is 0 Å². The SMILES string of the molecule is Fc1cccc(CCC2CCc3ccccc3N2)c1. The monoisotopic (exact) mass is 255 g/mol. The summed E-state index contributed by atoms with van der Waals surface area (Å²) < 4.78 is 13.1. The van der Waals surface area contributed by atoms with Gasteiger partial charge in [-0.3, -0.25) is 0 Å². The Kier molecular flexibility index (Phi) is 3.49. The first-order valence-corrected chi connectivity index (χ1v) is 6.90. The van der Waals surface area contributed by atoms with Crippen LogP contribution in [0.25, 0.3) is 0 Å². The Morgan fingerprint density at radius 1 is 1.11 bits per heavy atom. The van der Waals surface area contributed by atoms with Crippen LogP contribution in [0.4, 0.5) is 10.1 Å². The van der Waals surface area contributed by atoms with Gasteiger partial charge >= 0.3 is 0 Å². The van der Waals surface area contributed by atoms with Gasteiger partial charge in [0.15, 0.2) is 0 Å². The molecule has 0 bridgehead atoms. The van der Waals surface area contributed by atoms with Crippen molar-refractivity contribution in [1.82, 2.24) is 0 Å². The largest absolute Gasteiger partial charge is 0.382 e. The maximum absolute atomic E-state index is 13.1. The van der Waals surface area contributed by atoms with E-state index in [0.717, 1.165) is 31.2 Å². The van der Waals surface area contributed by atoms with E-state index in [1.54, 1.807) is 12.1 Å². The first-order valence-electron chi connectivity index (χ1n) is 6.90. The lowest BCUT2D eigenvalue weighted by Crippen LogP contribution is -2.25. The van der Waals surface area contributed by atoms with Gasteiger partial charge in [-0.15, -0.1) is 0 Å². The molecule has 1 unspecified atom stereocenters. The Labute approximate surface area is 113 Å². The minimum Gasteiger partial charge on any atom is -0.382 e. The Bertz CT molecular complexity index is 565. The number of aryl methyl sites for hydroxylation is 2. The molecule has 0 spiro atoms. The van der Waals surface area contributed by atoms with Crippen LogP contribution < -0.4 is 5.32 Å². The van der Waals surface area contributed by atoms with Crippen molar-refractivity contribution < 1.29 is 4.39 Å². The first-order chi connectivity index (χ1) is 9.31. The number of hydrogen-bond donors (Lipinski definition) is 1. The standard InChI is InChI=1S/C17H18FN/c18-15-6-3-4-13(12-15)8-10-16-11-9-14-5-1-2-7-17(14)19-16/h1-7,12,16,19H,8-11H2. The van der Waals surface area contributed by atoms with Gasteiger partial charge in [-0.05, 0) is 55.0 Å². The Morgan fingerprint density at radius 2 is 2.00 bits per heavy atom. The quantitative estimate of drug-likeness (QED) is 0.867. The average molecular weight is 255 g/mol. The third-order valence-corrected chi connectivity index (χ3v) is 3.81. The van der Waals surface area contributed by atoms with Crippen LogP contribution in [0.5, 0.6) is 0 Å². The van der Waals surface area contributed by atoms with Crippen molar-refractivity contribution in [2.45, 2.75) is 31.7 Å². The summed E-state index contributed by atoms with van der Waals surface area (Å²) >= 11 is 0. The van der Waals surface area contributed by atoms with E-state index in [9.17, 15) is 4.39 Å². The molecule has 98 valence electrons. The van der Waals surface area contributed by atoms with E-state index in [1.165, 1.54) is 17.3 Å². The molecule has 1 N–H and O–H groups in total. The zero-order valence-electron chi connectivity index (χ0n) is 10.9. The molecule has 2 heteroatoms. The fourth-order valence-corrected chi connectivity index (χ4v) is 2.75. The van der Waals surface area contributed by atoms with E-state index >= 15 is 0 Å². The van der Waals surface area contributed by atoms with Gasteiger partial charge in [-0.25, -0.2) is 4.39 Å². The third-order valence-electron chi connectivity index (χ3n) is 3.81. The second kappa shape index (κ2) is 5.43. The summed E-state index contributed by atoms with van der Waals surface area (Å²) in [6.07, 6.45) is 4.28. The average Bonchev–Trinajstić information content (AvgIpc) is 2.45. The summed E-state index contributed by atoms with van der Waals surface area (Å²) in [5, 5.41) is 3.59. The fraction of sp³-hybridized carbons (Fsp3) is 0.294. The van der Waals surface area contributed by atoms with Gasteiger partial charge in [0.1, 0.15) is 5.82 Å². The first kappa shape index (κ1) is 12.2. The molecule has 0 radical (unpaired) electrons. The molecule has 0 aromatic heterocycles. The van der Waals surface area contributed by atoms with Crippen LogP contribution in [0.1, 0.15) is 24.0 Å². The van der Waals surface area contributed by atoms with Gasteiger partial charge in [0.05, 0.1) is 0 Å². The summed E-state index contributed by atoms with van der Waals surface area (Å²) in [5.41, 5.74) is 3.75. The highest BCUT2D eigenvalue weighted by atomic mass is 19.1. The number of benzene rings is 2. The molecule has 1 atom stereocenters. The van der Waals surface area contributed by atoms with Gasteiger partial charge < -0.3 is 5.32 Å². The summed E-state index contributed by atoms with van der Waals surface area (Å²) in [6.45, 7) is 0. The molecule has 0 aliphatic carbocycles. The molecule has 3 rings (SSSR count). The zero-order chi connectivity index (χ0) is 13.1. The number of anilines is 1. The summed E-state index contributed by atoms with van der Waals surface area (Å²) in [5.74, 6) is -0.139. The van der Waals surface area contributed by atoms with Gasteiger partial charge in [0.2, 0.25) is 0 Å². The van der Waals surface area contributed by atoms with Crippen LogP contribution in [0.3, 0.4) is 0 Å². The van der Waals surface area contributed by atoms with Crippen molar-refractivity contribution in [3.63, 3.8) is 0 Å². The van der Waals surface area contributed by atoms with Crippen LogP contribution in [0, 0.1) is 5.82 Å². The van der Waals surface area contributed by atoms with Gasteiger partial charge in [0, 0.05) is 11.7 Å². The topological polar surface area (TPSA) is 12.0 Å². The van der Waals surface area contributed by atoms with E-state index < -0.39 is 0 Å². The zero-order valence-corrected chi connectivity index (χ0v) is 10.9. The molecular formula is C17H18FN. The molecule has 0 saturated carbocycles. The summed E-state index contributed by atoms with van der Waals surface area (Å²) in [7, 11) is 0. The minimum absolute atomic E-state index is 0.139. The summed E-state index contributed by atoms with van der Waals surface area (Å²) in [4.78, 5) is 0. The highest BCUT2D eigenvalue weighted by molar-refractivity contribution is 5.53. The maximum atomic E-state index is 13.1. The second-order valence-electron chi connectivity index (χ2n) is 5.21. The molecular weight excluding hydrogens is 237 g/mol. The number of rotatable bonds is 3. The summed E-state index contributed by atoms with van der Waals surface area (Å²) in [6, 6.07) is 15.9. The smallest absolute Gasteiger partial charge is 0.123 e. The molecule has 1 nitrogen and oxygen atoms in total. The van der Waals surface area contributed by atoms with Crippen molar-refractivity contribution in [3.05, 3.63) is 65.5 Å². The van der Waals surface area contributed by atoms with Crippen LogP contribution >= 0.6 is 0 Å². The van der Waals surface area contributed by atoms with E-state index in [0.29, 0.717) is 6.04 Å². The van der Waals surface area contributed by atoms with E-state index in [1.807, 2.05) is 6.07 Å². The van der Waals surface area contributed by atoms with Gasteiger partial charge in [0.25, 0.3) is 0 Å². The van der Waals surface area contributed by atoms with E-state index in [4.69, 9.17) is 0 Å². The molecule has 0 saturated heterocycles. The normalized spacial score (nSPS) is 17.6. The lowest BCUT2D eigenvalue weighted by molar-refractivity contribution is 0.582. The van der Waals surface area contributed by atoms with E-state index in [2.05, 4.69) is 29.6 Å². The molecule has 0 fully saturated rings. The Hall–Kier alpha value is -1.83. The second-order valence-corrected chi connectivity index (χ2v) is 5.21. The molecule has 19 heavy (non-hydrogen) atoms. The number of nitrogens with one attached hydrogen (secondary N) is 1. The van der Waals surface area contributed by atoms with Crippen molar-refractivity contribution in [3.8, 4) is 0 Å². The third kappa shape index (κ3) is 2.95. The van der Waals surface area contributed by atoms with Crippen LogP contribution in [0.2, 0.25) is 0 Å². The number of halogens is 1.